The quantitative estimate of drug-likeness (QED) is 0.618. The van der Waals surface area contributed by atoms with Crippen LogP contribution in [0.25, 0.3) is 0 Å². The molecule has 0 aromatic heterocycles. The molecule has 1 rings (SSSR count). The van der Waals surface area contributed by atoms with Crippen LogP contribution in [0.2, 0.25) is 0 Å². The van der Waals surface area contributed by atoms with Crippen LogP contribution in [0, 0.1) is 0 Å². The van der Waals surface area contributed by atoms with Crippen LogP contribution >= 0.6 is 0 Å². The van der Waals surface area contributed by atoms with Crippen molar-refractivity contribution in [2.24, 2.45) is 0 Å². The zero-order valence-electron chi connectivity index (χ0n) is 11.6. The second kappa shape index (κ2) is 4.90. The van der Waals surface area contributed by atoms with Gasteiger partial charge < -0.3 is 9.84 Å². The van der Waals surface area contributed by atoms with Crippen LogP contribution in [0.1, 0.15) is 20.3 Å². The minimum atomic E-state index is -6.75. The fourth-order valence-corrected chi connectivity index (χ4v) is 2.14. The number of ether oxygens (including phenoxy) is 1. The Labute approximate surface area is 123 Å². The van der Waals surface area contributed by atoms with E-state index < -0.39 is 54.0 Å². The molecule has 3 nitrogen and oxygen atoms in total. The highest BCUT2D eigenvalue weighted by molar-refractivity contribution is 5.79. The predicted molar refractivity (Wildman–Crippen MR) is 55.5 cm³/mol. The summed E-state index contributed by atoms with van der Waals surface area (Å²) in [5, 5.41) is 9.47. The summed E-state index contributed by atoms with van der Waals surface area (Å²) >= 11 is 0. The van der Waals surface area contributed by atoms with E-state index in [1.54, 1.807) is 0 Å². The van der Waals surface area contributed by atoms with Crippen molar-refractivity contribution in [3.63, 3.8) is 0 Å². The molecule has 0 aromatic rings. The van der Waals surface area contributed by atoms with Crippen LogP contribution in [0.4, 0.5) is 39.5 Å². The Balaban J connectivity index is 3.46. The molecular formula is C11H11F9O3. The minimum absolute atomic E-state index is 0.201. The average Bonchev–Trinajstić information content (AvgIpc) is 2.40. The molecule has 0 aliphatic heterocycles. The molecule has 23 heavy (non-hydrogen) atoms. The van der Waals surface area contributed by atoms with Crippen LogP contribution in [0.5, 0.6) is 0 Å². The summed E-state index contributed by atoms with van der Waals surface area (Å²) in [5.41, 5.74) is -9.38. The van der Waals surface area contributed by atoms with Crippen molar-refractivity contribution in [1.29, 1.82) is 0 Å². The van der Waals surface area contributed by atoms with Gasteiger partial charge >= 0.3 is 29.7 Å². The first-order chi connectivity index (χ1) is 9.94. The molecule has 0 radical (unpaired) electrons. The van der Waals surface area contributed by atoms with Crippen molar-refractivity contribution in [2.45, 2.75) is 55.2 Å². The number of aliphatic hydroxyl groups is 1. The van der Waals surface area contributed by atoms with Gasteiger partial charge in [-0.3, -0.25) is 0 Å². The van der Waals surface area contributed by atoms with Crippen LogP contribution < -0.4 is 0 Å². The molecular weight excluding hydrogens is 351 g/mol. The number of alkyl halides is 9. The number of esters is 1. The van der Waals surface area contributed by atoms with Crippen LogP contribution in [-0.2, 0) is 9.53 Å². The maximum atomic E-state index is 14.1. The number of hydrogen-bond acceptors (Lipinski definition) is 3. The van der Waals surface area contributed by atoms with Gasteiger partial charge in [0, 0.05) is 6.42 Å². The average molecular weight is 362 g/mol. The van der Waals surface area contributed by atoms with Gasteiger partial charge in [0.1, 0.15) is 0 Å². The van der Waals surface area contributed by atoms with Crippen molar-refractivity contribution in [3.05, 3.63) is 0 Å². The van der Waals surface area contributed by atoms with Gasteiger partial charge in [-0.2, -0.15) is 35.1 Å². The van der Waals surface area contributed by atoms with Gasteiger partial charge in [-0.1, -0.05) is 0 Å². The first kappa shape index (κ1) is 19.8. The molecule has 1 atom stereocenters. The maximum absolute atomic E-state index is 14.1. The van der Waals surface area contributed by atoms with Crippen LogP contribution in [-0.4, -0.2) is 52.6 Å². The summed E-state index contributed by atoms with van der Waals surface area (Å²) in [4.78, 5) is 11.2. The lowest BCUT2D eigenvalue weighted by Gasteiger charge is -2.35. The Morgan fingerprint density at radius 2 is 1.26 bits per heavy atom. The van der Waals surface area contributed by atoms with E-state index in [-0.39, 0.29) is 6.92 Å². The maximum Gasteiger partial charge on any atom is 0.381 e. The molecule has 1 aliphatic carbocycles. The second-order valence-electron chi connectivity index (χ2n) is 5.27. The van der Waals surface area contributed by atoms with Gasteiger partial charge in [0.2, 0.25) is 0 Å². The molecule has 0 aromatic carbocycles. The number of halogens is 9. The van der Waals surface area contributed by atoms with Gasteiger partial charge in [0.05, 0.1) is 6.61 Å². The second-order valence-corrected chi connectivity index (χ2v) is 5.27. The van der Waals surface area contributed by atoms with E-state index in [0.717, 1.165) is 6.92 Å². The molecule has 0 saturated heterocycles. The Kier molecular flexibility index (Phi) is 4.23. The summed E-state index contributed by atoms with van der Waals surface area (Å²) in [6.45, 7) is 0.834. The van der Waals surface area contributed by atoms with E-state index in [2.05, 4.69) is 4.74 Å². The van der Waals surface area contributed by atoms with E-state index in [1.807, 2.05) is 0 Å². The van der Waals surface area contributed by atoms with Gasteiger partial charge in [-0.25, -0.2) is 9.18 Å². The van der Waals surface area contributed by atoms with Crippen molar-refractivity contribution in [1.82, 2.24) is 0 Å². The number of hydrogen-bond donors (Lipinski definition) is 1. The third-order valence-electron chi connectivity index (χ3n) is 3.48. The van der Waals surface area contributed by atoms with Gasteiger partial charge in [-0.05, 0) is 13.8 Å². The van der Waals surface area contributed by atoms with E-state index in [0.29, 0.717) is 0 Å². The number of carbonyl (C=O) groups is 1. The highest BCUT2D eigenvalue weighted by atomic mass is 19.4. The van der Waals surface area contributed by atoms with Gasteiger partial charge in [0.25, 0.3) is 5.67 Å². The Bertz CT molecular complexity index is 475. The van der Waals surface area contributed by atoms with Crippen molar-refractivity contribution in [2.75, 3.05) is 6.61 Å². The van der Waals surface area contributed by atoms with E-state index >= 15 is 0 Å². The molecule has 0 heterocycles. The monoisotopic (exact) mass is 362 g/mol. The molecule has 0 amide bonds. The molecule has 136 valence electrons. The molecule has 1 aliphatic rings. The summed E-state index contributed by atoms with van der Waals surface area (Å²) < 4.78 is 124. The lowest BCUT2D eigenvalue weighted by atomic mass is 9.84. The smallest absolute Gasteiger partial charge is 0.381 e. The van der Waals surface area contributed by atoms with E-state index in [4.69, 9.17) is 0 Å². The SMILES string of the molecule is CCOC(=O)C(C)(O)CC1(F)C(F)(F)C(F)(F)C(F)(F)C1(F)F. The molecule has 1 saturated carbocycles. The zero-order chi connectivity index (χ0) is 18.7. The van der Waals surface area contributed by atoms with Crippen LogP contribution in [0.3, 0.4) is 0 Å². The summed E-state index contributed by atoms with van der Waals surface area (Å²) in [7, 11) is 0. The molecule has 0 spiro atoms. The van der Waals surface area contributed by atoms with Gasteiger partial charge in [-0.15, -0.1) is 0 Å². The van der Waals surface area contributed by atoms with Crippen LogP contribution in [0.15, 0.2) is 0 Å². The first-order valence-electron chi connectivity index (χ1n) is 6.04. The number of rotatable bonds is 4. The Hall–Kier alpha value is -1.20. The Morgan fingerprint density at radius 1 is 0.913 bits per heavy atom. The third kappa shape index (κ3) is 2.13. The molecule has 12 heteroatoms. The fraction of sp³-hybridized carbons (Fsp3) is 0.909. The third-order valence-corrected chi connectivity index (χ3v) is 3.48. The van der Waals surface area contributed by atoms with E-state index in [1.165, 1.54) is 0 Å². The standard InChI is InChI=1S/C11H11F9O3/c1-3-23-5(21)6(2,22)4-7(12)8(13,14)10(17,18)11(19,20)9(7,15)16/h22H,3-4H2,1-2H3. The normalized spacial score (nSPS) is 28.9. The lowest BCUT2D eigenvalue weighted by Crippen LogP contribution is -2.59. The highest BCUT2D eigenvalue weighted by Crippen LogP contribution is 2.70. The molecule has 1 fully saturated rings. The molecule has 0 bridgehead atoms. The lowest BCUT2D eigenvalue weighted by molar-refractivity contribution is -0.303. The minimum Gasteiger partial charge on any atom is -0.464 e. The van der Waals surface area contributed by atoms with Crippen molar-refractivity contribution in [3.8, 4) is 0 Å². The Morgan fingerprint density at radius 3 is 1.57 bits per heavy atom. The zero-order valence-corrected chi connectivity index (χ0v) is 11.6. The molecule has 1 unspecified atom stereocenters. The van der Waals surface area contributed by atoms with Crippen molar-refractivity contribution >= 4 is 5.97 Å². The predicted octanol–water partition coefficient (Wildman–Crippen LogP) is 2.95. The fourth-order valence-electron chi connectivity index (χ4n) is 2.14. The summed E-state index contributed by atoms with van der Waals surface area (Å²) in [6, 6.07) is 0. The van der Waals surface area contributed by atoms with Crippen molar-refractivity contribution < 1.29 is 54.2 Å². The summed E-state index contributed by atoms with van der Waals surface area (Å²) in [5.74, 6) is -28.5. The summed E-state index contributed by atoms with van der Waals surface area (Å²) in [6.07, 6.45) is -2.73. The van der Waals surface area contributed by atoms with E-state index in [9.17, 15) is 49.4 Å². The topological polar surface area (TPSA) is 46.5 Å². The van der Waals surface area contributed by atoms with Gasteiger partial charge in [0.15, 0.2) is 5.60 Å². The number of carbonyl (C=O) groups excluding carboxylic acids is 1. The first-order valence-corrected chi connectivity index (χ1v) is 6.04. The highest BCUT2D eigenvalue weighted by Gasteiger charge is 3.00. The molecule has 1 N–H and O–H groups in total. The largest absolute Gasteiger partial charge is 0.464 e.